The average Bonchev–Trinajstić information content (AvgIpc) is 2.17. The molecule has 3 nitrogen and oxygen atoms in total. The predicted molar refractivity (Wildman–Crippen MR) is 38.0 cm³/mol. The van der Waals surface area contributed by atoms with E-state index < -0.39 is 37.0 Å². The molecule has 0 rings (SSSR count). The van der Waals surface area contributed by atoms with Crippen LogP contribution in [0.15, 0.2) is 0 Å². The Hall–Kier alpha value is -1.06. The molecule has 10 heteroatoms. The second kappa shape index (κ2) is 4.44. The summed E-state index contributed by atoms with van der Waals surface area (Å²) >= 11 is 0. The molecule has 0 spiro atoms. The van der Waals surface area contributed by atoms with Gasteiger partial charge in [0.25, 0.3) is 5.91 Å². The number of hydrogen-bond donors (Lipinski definition) is 2. The predicted octanol–water partition coefficient (Wildman–Crippen LogP) is 0.894. The highest BCUT2D eigenvalue weighted by Crippen LogP contribution is 2.45. The van der Waals surface area contributed by atoms with Crippen molar-refractivity contribution < 1.29 is 35.5 Å². The molecule has 0 fully saturated rings. The molecule has 0 saturated carbocycles. The number of amides is 1. The van der Waals surface area contributed by atoms with Crippen LogP contribution < -0.4 is 11.1 Å². The Bertz CT molecular complexity index is 268. The summed E-state index contributed by atoms with van der Waals surface area (Å²) in [5.74, 6) is -20.3. The summed E-state index contributed by atoms with van der Waals surface area (Å²) in [6.07, 6.45) is 0. The van der Waals surface area contributed by atoms with Gasteiger partial charge in [-0.2, -0.15) is 26.3 Å². The first kappa shape index (κ1) is 14.9. The van der Waals surface area contributed by atoms with Gasteiger partial charge in [-0.05, 0) is 0 Å². The Kier molecular flexibility index (Phi) is 4.14. The first-order chi connectivity index (χ1) is 7.04. The number of nitrogens with two attached hydrogens (primary N) is 1. The molecule has 0 heterocycles. The van der Waals surface area contributed by atoms with Gasteiger partial charge in [0, 0.05) is 0 Å². The van der Waals surface area contributed by atoms with E-state index in [9.17, 15) is 35.5 Å². The minimum Gasteiger partial charge on any atom is -0.338 e. The highest BCUT2D eigenvalue weighted by Gasteiger charge is 2.74. The third kappa shape index (κ3) is 2.20. The van der Waals surface area contributed by atoms with E-state index in [4.69, 9.17) is 0 Å². The molecule has 16 heavy (non-hydrogen) atoms. The second-order valence-electron chi connectivity index (χ2n) is 2.70. The third-order valence-electron chi connectivity index (χ3n) is 1.57. The van der Waals surface area contributed by atoms with Gasteiger partial charge in [0.05, 0.1) is 6.67 Å². The van der Waals surface area contributed by atoms with E-state index in [2.05, 4.69) is 5.73 Å². The number of rotatable bonds is 5. The number of hydrogen-bond acceptors (Lipinski definition) is 2. The highest BCUT2D eigenvalue weighted by atomic mass is 19.3. The van der Waals surface area contributed by atoms with Gasteiger partial charge in [0.2, 0.25) is 0 Å². The minimum atomic E-state index is -6.14. The van der Waals surface area contributed by atoms with Crippen molar-refractivity contribution in [2.45, 2.75) is 17.8 Å². The number of halogens is 7. The van der Waals surface area contributed by atoms with Gasteiger partial charge in [0.15, 0.2) is 6.67 Å². The quantitative estimate of drug-likeness (QED) is 0.567. The van der Waals surface area contributed by atoms with E-state index in [0.717, 1.165) is 5.32 Å². The van der Waals surface area contributed by atoms with Gasteiger partial charge in [-0.1, -0.05) is 0 Å². The van der Waals surface area contributed by atoms with Crippen molar-refractivity contribution in [1.29, 1.82) is 0 Å². The normalized spacial score (nSPS) is 13.8. The van der Waals surface area contributed by atoms with Gasteiger partial charge in [-0.3, -0.25) is 4.79 Å². The molecule has 0 unspecified atom stereocenters. The van der Waals surface area contributed by atoms with Gasteiger partial charge in [0.1, 0.15) is 0 Å². The number of carbonyl (C=O) groups is 1. The average molecular weight is 256 g/mol. The van der Waals surface area contributed by atoms with Crippen LogP contribution in [0.25, 0.3) is 0 Å². The monoisotopic (exact) mass is 256 g/mol. The maximum Gasteiger partial charge on any atom is 0.392 e. The Morgan fingerprint density at radius 3 is 1.88 bits per heavy atom. The van der Waals surface area contributed by atoms with Crippen molar-refractivity contribution in [2.24, 2.45) is 5.73 Å². The molecule has 0 aliphatic rings. The maximum atomic E-state index is 12.6. The zero-order chi connectivity index (χ0) is 13.2. The van der Waals surface area contributed by atoms with Crippen molar-refractivity contribution in [3.63, 3.8) is 0 Å². The third-order valence-corrected chi connectivity index (χ3v) is 1.57. The van der Waals surface area contributed by atoms with Gasteiger partial charge in [-0.15, -0.1) is 0 Å². The molecule has 3 N–H and O–H groups in total. The molecule has 0 aromatic heterocycles. The molecule has 1 amide bonds. The number of nitrogens with one attached hydrogen (secondary N) is 1. The second-order valence-corrected chi connectivity index (χ2v) is 2.70. The van der Waals surface area contributed by atoms with Gasteiger partial charge >= 0.3 is 17.8 Å². The van der Waals surface area contributed by atoms with Crippen molar-refractivity contribution in [3.05, 3.63) is 0 Å². The summed E-state index contributed by atoms with van der Waals surface area (Å²) in [5.41, 5.74) is 4.54. The van der Waals surface area contributed by atoms with Gasteiger partial charge in [-0.25, -0.2) is 4.39 Å². The molecule has 0 aromatic rings. The van der Waals surface area contributed by atoms with E-state index >= 15 is 0 Å². The molecule has 0 atom stereocenters. The summed E-state index contributed by atoms with van der Waals surface area (Å²) in [7, 11) is 0. The van der Waals surface area contributed by atoms with E-state index in [1.807, 2.05) is 0 Å². The van der Waals surface area contributed by atoms with Crippen LogP contribution in [-0.4, -0.2) is 37.0 Å². The lowest BCUT2D eigenvalue weighted by Crippen LogP contribution is -2.61. The minimum absolute atomic E-state index is 0.953. The lowest BCUT2D eigenvalue weighted by Gasteiger charge is -2.30. The first-order valence-electron chi connectivity index (χ1n) is 3.72. The Morgan fingerprint density at radius 2 is 1.56 bits per heavy atom. The fraction of sp³-hybridized carbons (Fsp3) is 0.833. The number of carbonyl (C=O) groups excluding carboxylic acids is 1. The fourth-order valence-electron chi connectivity index (χ4n) is 0.660. The summed E-state index contributed by atoms with van der Waals surface area (Å²) in [4.78, 5) is 10.4. The lowest BCUT2D eigenvalue weighted by atomic mass is 10.1. The summed E-state index contributed by atoms with van der Waals surface area (Å²) in [6.45, 7) is -3.98. The summed E-state index contributed by atoms with van der Waals surface area (Å²) in [5, 5.41) is 1.04. The zero-order valence-corrected chi connectivity index (χ0v) is 7.55. The standard InChI is InChI=1S/C6H7F7N2O/c7-1-4(8,9)6(12,13)5(10,11)3(16)15-2-14/h1-2,14H2,(H,15,16). The Balaban J connectivity index is 5.20. The molecule has 0 aliphatic heterocycles. The van der Waals surface area contributed by atoms with Crippen molar-refractivity contribution in [3.8, 4) is 0 Å². The Morgan fingerprint density at radius 1 is 1.12 bits per heavy atom. The Labute approximate surface area is 84.8 Å². The van der Waals surface area contributed by atoms with Crippen molar-refractivity contribution >= 4 is 5.91 Å². The molecule has 0 aromatic carbocycles. The SMILES string of the molecule is NCNC(=O)C(F)(F)C(F)(F)C(F)(F)CF. The first-order valence-corrected chi connectivity index (χ1v) is 3.72. The molecular weight excluding hydrogens is 249 g/mol. The van der Waals surface area contributed by atoms with E-state index in [-0.39, 0.29) is 0 Å². The van der Waals surface area contributed by atoms with Crippen LogP contribution in [-0.2, 0) is 4.79 Å². The van der Waals surface area contributed by atoms with Crippen LogP contribution in [0, 0.1) is 0 Å². The molecule has 0 saturated heterocycles. The smallest absolute Gasteiger partial charge is 0.338 e. The van der Waals surface area contributed by atoms with Crippen LogP contribution in [0.2, 0.25) is 0 Å². The number of alkyl halides is 7. The molecule has 0 aliphatic carbocycles. The molecule has 96 valence electrons. The molecule has 0 bridgehead atoms. The van der Waals surface area contributed by atoms with Crippen LogP contribution in [0.4, 0.5) is 30.7 Å². The van der Waals surface area contributed by atoms with Crippen LogP contribution in [0.5, 0.6) is 0 Å². The van der Waals surface area contributed by atoms with Crippen molar-refractivity contribution in [2.75, 3.05) is 13.3 Å². The zero-order valence-electron chi connectivity index (χ0n) is 7.55. The van der Waals surface area contributed by atoms with E-state index in [1.165, 1.54) is 0 Å². The van der Waals surface area contributed by atoms with E-state index in [1.54, 1.807) is 0 Å². The van der Waals surface area contributed by atoms with Crippen LogP contribution in [0.1, 0.15) is 0 Å². The van der Waals surface area contributed by atoms with Crippen LogP contribution in [0.3, 0.4) is 0 Å². The van der Waals surface area contributed by atoms with Gasteiger partial charge < -0.3 is 11.1 Å². The highest BCUT2D eigenvalue weighted by molar-refractivity contribution is 5.84. The molecular formula is C6H7F7N2O. The largest absolute Gasteiger partial charge is 0.392 e. The maximum absolute atomic E-state index is 12.6. The fourth-order valence-corrected chi connectivity index (χ4v) is 0.660. The topological polar surface area (TPSA) is 55.1 Å². The molecule has 0 radical (unpaired) electrons. The van der Waals surface area contributed by atoms with Crippen LogP contribution >= 0.6 is 0 Å². The van der Waals surface area contributed by atoms with E-state index in [0.29, 0.717) is 0 Å². The summed E-state index contributed by atoms with van der Waals surface area (Å²) in [6, 6.07) is 0. The summed E-state index contributed by atoms with van der Waals surface area (Å²) < 4.78 is 86.2. The van der Waals surface area contributed by atoms with Crippen molar-refractivity contribution in [1.82, 2.24) is 5.32 Å². The lowest BCUT2D eigenvalue weighted by molar-refractivity contribution is -0.300.